The first-order valence-electron chi connectivity index (χ1n) is 5.39. The summed E-state index contributed by atoms with van der Waals surface area (Å²) in [6, 6.07) is 0. The molecule has 0 rings (SSSR count). The molecular weight excluding hydrogens is 208 g/mol. The number of carbonyl (C=O) groups excluding carboxylic acids is 1. The minimum Gasteiger partial charge on any atom is -0.463 e. The standard InChI is InChI=1S/C11H22O3Si/c1-5-8-11(12)13-9-6-7-10-14-15(2,3)4/h5,8H,6-7,9-10H2,1-4H3. The van der Waals surface area contributed by atoms with Crippen molar-refractivity contribution in [1.29, 1.82) is 0 Å². The highest BCUT2D eigenvalue weighted by Gasteiger charge is 2.12. The monoisotopic (exact) mass is 230 g/mol. The fourth-order valence-corrected chi connectivity index (χ4v) is 1.70. The van der Waals surface area contributed by atoms with Gasteiger partial charge >= 0.3 is 5.97 Å². The van der Waals surface area contributed by atoms with Crippen molar-refractivity contribution in [3.8, 4) is 0 Å². The van der Waals surface area contributed by atoms with Crippen molar-refractivity contribution in [1.82, 2.24) is 0 Å². The molecule has 0 radical (unpaired) electrons. The molecule has 0 aromatic carbocycles. The molecule has 0 aromatic heterocycles. The van der Waals surface area contributed by atoms with E-state index in [2.05, 4.69) is 19.6 Å². The molecule has 3 nitrogen and oxygen atoms in total. The lowest BCUT2D eigenvalue weighted by Crippen LogP contribution is -2.25. The van der Waals surface area contributed by atoms with Crippen molar-refractivity contribution < 1.29 is 14.0 Å². The van der Waals surface area contributed by atoms with Crippen molar-refractivity contribution in [2.24, 2.45) is 0 Å². The Labute approximate surface area is 93.6 Å². The SMILES string of the molecule is CC=CC(=O)OCCCCO[Si](C)(C)C. The summed E-state index contributed by atoms with van der Waals surface area (Å²) >= 11 is 0. The van der Waals surface area contributed by atoms with Gasteiger partial charge in [0.15, 0.2) is 8.32 Å². The number of hydrogen-bond acceptors (Lipinski definition) is 3. The maximum absolute atomic E-state index is 10.9. The van der Waals surface area contributed by atoms with Gasteiger partial charge in [-0.1, -0.05) is 6.08 Å². The van der Waals surface area contributed by atoms with E-state index in [1.807, 2.05) is 0 Å². The molecule has 0 aromatic rings. The molecule has 0 aliphatic carbocycles. The van der Waals surface area contributed by atoms with Crippen LogP contribution in [0.25, 0.3) is 0 Å². The van der Waals surface area contributed by atoms with Gasteiger partial charge < -0.3 is 9.16 Å². The minimum atomic E-state index is -1.37. The van der Waals surface area contributed by atoms with E-state index < -0.39 is 8.32 Å². The highest BCUT2D eigenvalue weighted by Crippen LogP contribution is 2.04. The molecule has 0 bridgehead atoms. The van der Waals surface area contributed by atoms with Gasteiger partial charge in [0.25, 0.3) is 0 Å². The molecule has 0 N–H and O–H groups in total. The predicted molar refractivity (Wildman–Crippen MR) is 64.3 cm³/mol. The van der Waals surface area contributed by atoms with Crippen LogP contribution in [0.2, 0.25) is 19.6 Å². The Hall–Kier alpha value is -0.613. The lowest BCUT2D eigenvalue weighted by atomic mass is 10.3. The lowest BCUT2D eigenvalue weighted by Gasteiger charge is -2.16. The van der Waals surface area contributed by atoms with E-state index in [4.69, 9.17) is 9.16 Å². The summed E-state index contributed by atoms with van der Waals surface area (Å²) in [6.45, 7) is 9.55. The van der Waals surface area contributed by atoms with Gasteiger partial charge in [-0.3, -0.25) is 0 Å². The Balaban J connectivity index is 3.29. The van der Waals surface area contributed by atoms with Crippen LogP contribution in [-0.2, 0) is 14.0 Å². The molecule has 4 heteroatoms. The zero-order valence-electron chi connectivity index (χ0n) is 10.2. The molecule has 0 amide bonds. The van der Waals surface area contributed by atoms with Gasteiger partial charge in [0.05, 0.1) is 6.61 Å². The van der Waals surface area contributed by atoms with Crippen LogP contribution in [-0.4, -0.2) is 27.5 Å². The predicted octanol–water partition coefficient (Wildman–Crippen LogP) is 2.74. The van der Waals surface area contributed by atoms with E-state index in [1.165, 1.54) is 6.08 Å². The van der Waals surface area contributed by atoms with Gasteiger partial charge in [-0.05, 0) is 39.4 Å². The second kappa shape index (κ2) is 7.65. The van der Waals surface area contributed by atoms with E-state index in [0.717, 1.165) is 19.4 Å². The summed E-state index contributed by atoms with van der Waals surface area (Å²) in [6.07, 6.45) is 4.93. The Bertz CT molecular complexity index is 206. The van der Waals surface area contributed by atoms with Gasteiger partial charge in [-0.2, -0.15) is 0 Å². The molecule has 0 aliphatic heterocycles. The van der Waals surface area contributed by atoms with Crippen molar-refractivity contribution >= 4 is 14.3 Å². The maximum atomic E-state index is 10.9. The van der Waals surface area contributed by atoms with E-state index in [1.54, 1.807) is 13.0 Å². The first kappa shape index (κ1) is 14.4. The summed E-state index contributed by atoms with van der Waals surface area (Å²) in [5, 5.41) is 0. The summed E-state index contributed by atoms with van der Waals surface area (Å²) in [5.41, 5.74) is 0. The molecule has 0 saturated carbocycles. The molecule has 0 unspecified atom stereocenters. The summed E-state index contributed by atoms with van der Waals surface area (Å²) < 4.78 is 10.6. The minimum absolute atomic E-state index is 0.261. The van der Waals surface area contributed by atoms with Gasteiger partial charge in [0.1, 0.15) is 0 Å². The Kier molecular flexibility index (Phi) is 7.34. The van der Waals surface area contributed by atoms with Crippen LogP contribution >= 0.6 is 0 Å². The Morgan fingerprint density at radius 3 is 2.33 bits per heavy atom. The zero-order valence-corrected chi connectivity index (χ0v) is 11.2. The number of esters is 1. The number of hydrogen-bond donors (Lipinski definition) is 0. The van der Waals surface area contributed by atoms with E-state index >= 15 is 0 Å². The van der Waals surface area contributed by atoms with Crippen molar-refractivity contribution in [2.75, 3.05) is 13.2 Å². The molecule has 0 fully saturated rings. The summed E-state index contributed by atoms with van der Waals surface area (Å²) in [7, 11) is -1.37. The third kappa shape index (κ3) is 11.3. The van der Waals surface area contributed by atoms with Gasteiger partial charge in [-0.15, -0.1) is 0 Å². The van der Waals surface area contributed by atoms with Crippen molar-refractivity contribution in [2.45, 2.75) is 39.4 Å². The van der Waals surface area contributed by atoms with Gasteiger partial charge in [0.2, 0.25) is 0 Å². The Morgan fingerprint density at radius 2 is 1.80 bits per heavy atom. The topological polar surface area (TPSA) is 35.5 Å². The molecule has 0 atom stereocenters. The molecule has 0 saturated heterocycles. The number of ether oxygens (including phenoxy) is 1. The van der Waals surface area contributed by atoms with Crippen LogP contribution in [0.3, 0.4) is 0 Å². The Morgan fingerprint density at radius 1 is 1.20 bits per heavy atom. The van der Waals surface area contributed by atoms with Gasteiger partial charge in [-0.25, -0.2) is 4.79 Å². The lowest BCUT2D eigenvalue weighted by molar-refractivity contribution is -0.137. The second-order valence-corrected chi connectivity index (χ2v) is 8.85. The molecule has 0 spiro atoms. The molecule has 0 heterocycles. The van der Waals surface area contributed by atoms with Crippen LogP contribution in [0.5, 0.6) is 0 Å². The third-order valence-corrected chi connectivity index (χ3v) is 2.69. The molecule has 0 aliphatic rings. The average molecular weight is 230 g/mol. The van der Waals surface area contributed by atoms with E-state index in [9.17, 15) is 4.79 Å². The smallest absolute Gasteiger partial charge is 0.330 e. The number of rotatable bonds is 7. The van der Waals surface area contributed by atoms with Crippen molar-refractivity contribution in [3.63, 3.8) is 0 Å². The molecule has 15 heavy (non-hydrogen) atoms. The molecule has 88 valence electrons. The van der Waals surface area contributed by atoms with Crippen LogP contribution in [0.4, 0.5) is 0 Å². The van der Waals surface area contributed by atoms with E-state index in [-0.39, 0.29) is 5.97 Å². The third-order valence-electron chi connectivity index (χ3n) is 1.62. The number of allylic oxidation sites excluding steroid dienone is 1. The fraction of sp³-hybridized carbons (Fsp3) is 0.727. The quantitative estimate of drug-likeness (QED) is 0.292. The second-order valence-electron chi connectivity index (χ2n) is 4.34. The normalized spacial score (nSPS) is 12.0. The largest absolute Gasteiger partial charge is 0.463 e. The van der Waals surface area contributed by atoms with Crippen LogP contribution in [0, 0.1) is 0 Å². The van der Waals surface area contributed by atoms with Gasteiger partial charge in [0, 0.05) is 12.7 Å². The number of carbonyl (C=O) groups is 1. The maximum Gasteiger partial charge on any atom is 0.330 e. The highest BCUT2D eigenvalue weighted by atomic mass is 28.4. The van der Waals surface area contributed by atoms with Crippen LogP contribution < -0.4 is 0 Å². The summed E-state index contributed by atoms with van der Waals surface area (Å²) in [5.74, 6) is -0.261. The number of unbranched alkanes of at least 4 members (excludes halogenated alkanes) is 1. The zero-order chi connectivity index (χ0) is 11.7. The first-order valence-corrected chi connectivity index (χ1v) is 8.80. The highest BCUT2D eigenvalue weighted by molar-refractivity contribution is 6.69. The summed E-state index contributed by atoms with van der Waals surface area (Å²) in [4.78, 5) is 10.9. The van der Waals surface area contributed by atoms with Crippen LogP contribution in [0.1, 0.15) is 19.8 Å². The van der Waals surface area contributed by atoms with E-state index in [0.29, 0.717) is 6.61 Å². The van der Waals surface area contributed by atoms with Crippen LogP contribution in [0.15, 0.2) is 12.2 Å². The first-order chi connectivity index (χ1) is 6.95. The van der Waals surface area contributed by atoms with Crippen molar-refractivity contribution in [3.05, 3.63) is 12.2 Å². The average Bonchev–Trinajstić information content (AvgIpc) is 2.09. The molecular formula is C11H22O3Si. The fourth-order valence-electron chi connectivity index (χ4n) is 0.939.